The minimum absolute atomic E-state index is 0.867. The summed E-state index contributed by atoms with van der Waals surface area (Å²) in [5, 5.41) is 17.9. The fourth-order valence-corrected chi connectivity index (χ4v) is 13.5. The van der Waals surface area contributed by atoms with Crippen molar-refractivity contribution in [2.45, 2.75) is 0 Å². The van der Waals surface area contributed by atoms with Gasteiger partial charge in [-0.15, -0.1) is 0 Å². The summed E-state index contributed by atoms with van der Waals surface area (Å²) in [5.41, 5.74) is 18.1. The predicted molar refractivity (Wildman–Crippen MR) is 339 cm³/mol. The fourth-order valence-electron chi connectivity index (χ4n) is 13.5. The summed E-state index contributed by atoms with van der Waals surface area (Å²) in [5.74, 6) is 0. The van der Waals surface area contributed by atoms with E-state index in [1.54, 1.807) is 12.4 Å². The Balaban J connectivity index is 0.827. The van der Waals surface area contributed by atoms with Crippen LogP contribution in [0, 0.1) is 0 Å². The first-order chi connectivity index (χ1) is 40.6. The molecule has 0 amide bonds. The minimum atomic E-state index is 0.867. The van der Waals surface area contributed by atoms with Gasteiger partial charge in [-0.1, -0.05) is 182 Å². The van der Waals surface area contributed by atoms with Crippen molar-refractivity contribution in [3.63, 3.8) is 0 Å². The number of furan rings is 2. The summed E-state index contributed by atoms with van der Waals surface area (Å²) >= 11 is 0. The Morgan fingerprint density at radius 2 is 0.610 bits per heavy atom. The van der Waals surface area contributed by atoms with E-state index >= 15 is 0 Å². The van der Waals surface area contributed by atoms with Crippen LogP contribution >= 0.6 is 0 Å². The van der Waals surface area contributed by atoms with Gasteiger partial charge in [-0.2, -0.15) is 0 Å². The van der Waals surface area contributed by atoms with E-state index in [0.717, 1.165) is 175 Å². The Kier molecular flexibility index (Phi) is 9.41. The standard InChI is InChI=1S/C76H42N4O2/c1-2-14-59-55(11-1)66-39-44(26-31-60(66)72-71(59)77-33-34-78-72)43-25-29-50-47(37-43)38-48(51-16-8-21-63-57-12-3-5-23-69(57)81-75(51)63)42-65(50)46-27-30-56-67-40-45(28-32-61(67)73-74(68(56)41-46)80-36-35-79-73)49-15-7-18-53-52(49)17-9-19-54(53)62-20-10-22-64-58-13-4-6-24-70(58)82-76(62)64/h1-42H. The van der Waals surface area contributed by atoms with Gasteiger partial charge in [0.15, 0.2) is 0 Å². The van der Waals surface area contributed by atoms with E-state index < -0.39 is 0 Å². The van der Waals surface area contributed by atoms with Gasteiger partial charge in [-0.25, -0.2) is 0 Å². The topological polar surface area (TPSA) is 77.8 Å². The van der Waals surface area contributed by atoms with Gasteiger partial charge in [0.05, 0.1) is 22.1 Å². The molecule has 0 N–H and O–H groups in total. The highest BCUT2D eigenvalue weighted by Gasteiger charge is 2.21. The van der Waals surface area contributed by atoms with E-state index in [0.29, 0.717) is 0 Å². The Morgan fingerprint density at radius 1 is 0.207 bits per heavy atom. The summed E-state index contributed by atoms with van der Waals surface area (Å²) in [6, 6.07) is 83.4. The minimum Gasteiger partial charge on any atom is -0.455 e. The van der Waals surface area contributed by atoms with E-state index in [4.69, 9.17) is 28.8 Å². The number of hydrogen-bond donors (Lipinski definition) is 0. The Labute approximate surface area is 467 Å². The average Bonchev–Trinajstić information content (AvgIpc) is 3.91. The zero-order chi connectivity index (χ0) is 53.6. The molecule has 0 bridgehead atoms. The molecule has 18 aromatic rings. The molecule has 4 heterocycles. The Morgan fingerprint density at radius 3 is 1.27 bits per heavy atom. The van der Waals surface area contributed by atoms with Crippen molar-refractivity contribution < 1.29 is 8.83 Å². The van der Waals surface area contributed by atoms with Crippen molar-refractivity contribution >= 4 is 131 Å². The maximum atomic E-state index is 6.73. The van der Waals surface area contributed by atoms with Crippen LogP contribution in [0.5, 0.6) is 0 Å². The van der Waals surface area contributed by atoms with Gasteiger partial charge in [0.25, 0.3) is 0 Å². The van der Waals surface area contributed by atoms with E-state index in [9.17, 15) is 0 Å². The molecule has 18 rings (SSSR count). The fraction of sp³-hybridized carbons (Fsp3) is 0. The van der Waals surface area contributed by atoms with Crippen LogP contribution in [0.25, 0.3) is 186 Å². The third kappa shape index (κ3) is 6.57. The number of aromatic nitrogens is 4. The number of hydrogen-bond acceptors (Lipinski definition) is 6. The number of rotatable bonds is 5. The molecule has 0 saturated heterocycles. The monoisotopic (exact) mass is 1040 g/mol. The highest BCUT2D eigenvalue weighted by atomic mass is 16.3. The molecule has 0 fully saturated rings. The third-order valence-electron chi connectivity index (χ3n) is 17.2. The molecule has 0 spiro atoms. The largest absolute Gasteiger partial charge is 0.455 e. The van der Waals surface area contributed by atoms with Crippen LogP contribution in [0.1, 0.15) is 0 Å². The molecular formula is C76H42N4O2. The molecule has 0 saturated carbocycles. The van der Waals surface area contributed by atoms with Gasteiger partial charge in [0.1, 0.15) is 22.3 Å². The molecule has 0 atom stereocenters. The summed E-state index contributed by atoms with van der Waals surface area (Å²) in [7, 11) is 0. The number of para-hydroxylation sites is 4. The average molecular weight is 1040 g/mol. The highest BCUT2D eigenvalue weighted by Crippen LogP contribution is 2.46. The van der Waals surface area contributed by atoms with E-state index in [-0.39, 0.29) is 0 Å². The number of nitrogens with zero attached hydrogens (tertiary/aromatic N) is 4. The predicted octanol–water partition coefficient (Wildman–Crippen LogP) is 20.6. The van der Waals surface area contributed by atoms with Gasteiger partial charge in [-0.3, -0.25) is 19.9 Å². The maximum Gasteiger partial charge on any atom is 0.143 e. The lowest BCUT2D eigenvalue weighted by Gasteiger charge is -2.16. The number of benzene rings is 14. The van der Waals surface area contributed by atoms with Crippen LogP contribution < -0.4 is 0 Å². The molecule has 0 aliphatic rings. The third-order valence-corrected chi connectivity index (χ3v) is 17.2. The van der Waals surface area contributed by atoms with Crippen LogP contribution in [-0.4, -0.2) is 19.9 Å². The van der Waals surface area contributed by atoms with Crippen molar-refractivity contribution in [2.75, 3.05) is 0 Å². The van der Waals surface area contributed by atoms with Gasteiger partial charge in [-0.05, 0) is 136 Å². The summed E-state index contributed by atoms with van der Waals surface area (Å²) in [4.78, 5) is 19.8. The smallest absolute Gasteiger partial charge is 0.143 e. The van der Waals surface area contributed by atoms with Crippen molar-refractivity contribution in [1.29, 1.82) is 0 Å². The molecule has 6 heteroatoms. The summed E-state index contributed by atoms with van der Waals surface area (Å²) in [6.07, 6.45) is 7.18. The zero-order valence-electron chi connectivity index (χ0n) is 43.9. The summed E-state index contributed by atoms with van der Waals surface area (Å²) in [6.45, 7) is 0. The van der Waals surface area contributed by atoms with Gasteiger partial charge in [0, 0.05) is 79.0 Å². The molecule has 4 aromatic heterocycles. The van der Waals surface area contributed by atoms with Crippen LogP contribution in [0.2, 0.25) is 0 Å². The molecule has 14 aromatic carbocycles. The van der Waals surface area contributed by atoms with Gasteiger partial charge in [0.2, 0.25) is 0 Å². The zero-order valence-corrected chi connectivity index (χ0v) is 43.9. The second kappa shape index (κ2) is 17.2. The van der Waals surface area contributed by atoms with Crippen molar-refractivity contribution in [3.8, 4) is 55.6 Å². The quantitative estimate of drug-likeness (QED) is 0.160. The summed E-state index contributed by atoms with van der Waals surface area (Å²) < 4.78 is 13.3. The molecule has 0 unspecified atom stereocenters. The Bertz CT molecular complexity index is 5760. The molecule has 0 radical (unpaired) electrons. The Hall–Kier alpha value is -11.1. The van der Waals surface area contributed by atoms with Crippen molar-refractivity contribution in [1.82, 2.24) is 19.9 Å². The molecule has 0 aliphatic heterocycles. The first-order valence-electron chi connectivity index (χ1n) is 27.7. The lowest BCUT2D eigenvalue weighted by atomic mass is 9.88. The molecule has 6 nitrogen and oxygen atoms in total. The highest BCUT2D eigenvalue weighted by molar-refractivity contribution is 6.26. The van der Waals surface area contributed by atoms with Crippen LogP contribution in [0.15, 0.2) is 264 Å². The molecule has 378 valence electrons. The van der Waals surface area contributed by atoms with E-state index in [1.807, 2.05) is 30.6 Å². The maximum absolute atomic E-state index is 6.73. The second-order valence-corrected chi connectivity index (χ2v) is 21.6. The molecule has 82 heavy (non-hydrogen) atoms. The first kappa shape index (κ1) is 44.9. The van der Waals surface area contributed by atoms with Crippen LogP contribution in [0.3, 0.4) is 0 Å². The normalized spacial score (nSPS) is 12.1. The molecular weight excluding hydrogens is 1000 g/mol. The molecule has 0 aliphatic carbocycles. The lowest BCUT2D eigenvalue weighted by Crippen LogP contribution is -1.92. The second-order valence-electron chi connectivity index (χ2n) is 21.6. The van der Waals surface area contributed by atoms with Gasteiger partial charge >= 0.3 is 0 Å². The van der Waals surface area contributed by atoms with E-state index in [1.165, 1.54) is 10.8 Å². The van der Waals surface area contributed by atoms with E-state index in [2.05, 4.69) is 212 Å². The lowest BCUT2D eigenvalue weighted by molar-refractivity contribution is 0.669. The van der Waals surface area contributed by atoms with Crippen LogP contribution in [-0.2, 0) is 0 Å². The van der Waals surface area contributed by atoms with Crippen LogP contribution in [0.4, 0.5) is 0 Å². The first-order valence-corrected chi connectivity index (χ1v) is 27.7. The van der Waals surface area contributed by atoms with Gasteiger partial charge < -0.3 is 8.83 Å². The van der Waals surface area contributed by atoms with Crippen molar-refractivity contribution in [2.24, 2.45) is 0 Å². The van der Waals surface area contributed by atoms with Crippen molar-refractivity contribution in [3.05, 3.63) is 255 Å². The number of fused-ring (bicyclic) bond motifs is 20. The SMILES string of the molecule is c1ccc2c(c1)oc1c(-c3cc(-c4ccc5c6cc(-c7cccc8c(-c9cccc%10c9oc9ccccc9%10)cccc78)ccc6c6nccnc6c5c4)c4ccc(-c5ccc6c(c5)c5ccccc5c5nccnc65)cc4c3)cccc12.